The maximum atomic E-state index is 12.6. The molecule has 0 unspecified atom stereocenters. The molecule has 148 valence electrons. The lowest BCUT2D eigenvalue weighted by molar-refractivity contribution is -0.144. The number of fused-ring (bicyclic) bond motifs is 3. The third-order valence-electron chi connectivity index (χ3n) is 4.81. The summed E-state index contributed by atoms with van der Waals surface area (Å²) in [5.41, 5.74) is 2.34. The molecule has 0 aliphatic rings. The maximum absolute atomic E-state index is 12.6. The fourth-order valence-corrected chi connectivity index (χ4v) is 3.26. The second kappa shape index (κ2) is 7.38. The van der Waals surface area contributed by atoms with Crippen LogP contribution < -0.4 is 10.3 Å². The van der Waals surface area contributed by atoms with E-state index in [2.05, 4.69) is 10.2 Å². The lowest BCUT2D eigenvalue weighted by atomic mass is 10.1. The van der Waals surface area contributed by atoms with E-state index in [9.17, 15) is 9.59 Å². The van der Waals surface area contributed by atoms with Crippen molar-refractivity contribution in [1.29, 1.82) is 0 Å². The number of nitrogens with zero attached hydrogens (tertiary/aromatic N) is 4. The number of esters is 1. The van der Waals surface area contributed by atoms with Gasteiger partial charge >= 0.3 is 5.97 Å². The van der Waals surface area contributed by atoms with E-state index in [1.165, 1.54) is 4.57 Å². The van der Waals surface area contributed by atoms with Crippen LogP contribution in [0.4, 0.5) is 0 Å². The van der Waals surface area contributed by atoms with Crippen molar-refractivity contribution in [1.82, 2.24) is 19.2 Å². The standard InChI is InChI=1S/C21H20N4O4/c1-13-4-9-17-16(10-13)20(27)24(2)21-23-22-18(25(17)21)12-29-19(26)11-14-5-7-15(28-3)8-6-14/h4-10H,11-12H2,1-3H3. The summed E-state index contributed by atoms with van der Waals surface area (Å²) in [5, 5.41) is 8.80. The molecule has 0 saturated heterocycles. The van der Waals surface area contributed by atoms with Gasteiger partial charge in [-0.15, -0.1) is 10.2 Å². The molecule has 2 aromatic heterocycles. The Labute approximate surface area is 166 Å². The number of carbonyl (C=O) groups excluding carboxylic acids is 1. The van der Waals surface area contributed by atoms with Crippen LogP contribution in [-0.4, -0.2) is 32.2 Å². The molecule has 0 saturated carbocycles. The SMILES string of the molecule is COc1ccc(CC(=O)OCc2nnc3n(C)c(=O)c4cc(C)ccc4n23)cc1. The quantitative estimate of drug-likeness (QED) is 0.484. The van der Waals surface area contributed by atoms with Crippen LogP contribution in [0.15, 0.2) is 47.3 Å². The van der Waals surface area contributed by atoms with E-state index in [1.54, 1.807) is 30.7 Å². The Morgan fingerprint density at radius 1 is 1.10 bits per heavy atom. The number of rotatable bonds is 5. The lowest BCUT2D eigenvalue weighted by Crippen LogP contribution is -2.20. The molecule has 29 heavy (non-hydrogen) atoms. The van der Waals surface area contributed by atoms with Gasteiger partial charge in [0.2, 0.25) is 5.78 Å². The Kier molecular flexibility index (Phi) is 4.75. The van der Waals surface area contributed by atoms with Gasteiger partial charge in [-0.05, 0) is 36.8 Å². The lowest BCUT2D eigenvalue weighted by Gasteiger charge is -2.09. The third-order valence-corrected chi connectivity index (χ3v) is 4.81. The Morgan fingerprint density at radius 2 is 1.86 bits per heavy atom. The summed E-state index contributed by atoms with van der Waals surface area (Å²) in [4.78, 5) is 24.9. The molecule has 0 aliphatic heterocycles. The Balaban J connectivity index is 1.60. The molecule has 0 aliphatic carbocycles. The van der Waals surface area contributed by atoms with Gasteiger partial charge in [-0.3, -0.25) is 18.6 Å². The van der Waals surface area contributed by atoms with Crippen LogP contribution in [0.5, 0.6) is 5.75 Å². The van der Waals surface area contributed by atoms with Gasteiger partial charge in [0.1, 0.15) is 5.75 Å². The minimum Gasteiger partial charge on any atom is -0.497 e. The van der Waals surface area contributed by atoms with Crippen LogP contribution in [0.1, 0.15) is 17.0 Å². The highest BCUT2D eigenvalue weighted by molar-refractivity contribution is 5.81. The predicted molar refractivity (Wildman–Crippen MR) is 107 cm³/mol. The third kappa shape index (κ3) is 3.44. The van der Waals surface area contributed by atoms with Crippen LogP contribution in [0.25, 0.3) is 16.7 Å². The number of ether oxygens (including phenoxy) is 2. The molecule has 0 fully saturated rings. The molecule has 0 N–H and O–H groups in total. The first-order valence-corrected chi connectivity index (χ1v) is 9.10. The van der Waals surface area contributed by atoms with E-state index in [0.29, 0.717) is 22.5 Å². The largest absolute Gasteiger partial charge is 0.497 e. The van der Waals surface area contributed by atoms with Gasteiger partial charge in [0, 0.05) is 7.05 Å². The van der Waals surface area contributed by atoms with Gasteiger partial charge in [0.25, 0.3) is 5.56 Å². The first-order valence-electron chi connectivity index (χ1n) is 9.10. The van der Waals surface area contributed by atoms with E-state index in [0.717, 1.165) is 16.9 Å². The number of benzene rings is 2. The smallest absolute Gasteiger partial charge is 0.310 e. The van der Waals surface area contributed by atoms with E-state index >= 15 is 0 Å². The molecule has 0 spiro atoms. The first-order chi connectivity index (χ1) is 14.0. The van der Waals surface area contributed by atoms with Crippen LogP contribution in [0.3, 0.4) is 0 Å². The van der Waals surface area contributed by atoms with Crippen molar-refractivity contribution < 1.29 is 14.3 Å². The van der Waals surface area contributed by atoms with Crippen molar-refractivity contribution in [2.45, 2.75) is 20.0 Å². The molecule has 4 rings (SSSR count). The van der Waals surface area contributed by atoms with Crippen molar-refractivity contribution in [2.75, 3.05) is 7.11 Å². The molecule has 4 aromatic rings. The van der Waals surface area contributed by atoms with Crippen LogP contribution in [0, 0.1) is 6.92 Å². The molecule has 0 amide bonds. The summed E-state index contributed by atoms with van der Waals surface area (Å²) in [6.45, 7) is 1.88. The minimum atomic E-state index is -0.378. The van der Waals surface area contributed by atoms with Gasteiger partial charge in [0.15, 0.2) is 12.4 Å². The van der Waals surface area contributed by atoms with Gasteiger partial charge in [-0.25, -0.2) is 0 Å². The fraction of sp³-hybridized carbons (Fsp3) is 0.238. The minimum absolute atomic E-state index is 0.0443. The molecule has 0 atom stereocenters. The fourth-order valence-electron chi connectivity index (χ4n) is 3.26. The zero-order chi connectivity index (χ0) is 20.5. The maximum Gasteiger partial charge on any atom is 0.310 e. The second-order valence-corrected chi connectivity index (χ2v) is 6.82. The summed E-state index contributed by atoms with van der Waals surface area (Å²) < 4.78 is 13.7. The average Bonchev–Trinajstić information content (AvgIpc) is 3.15. The average molecular weight is 392 g/mol. The number of aryl methyl sites for hydroxylation is 2. The molecule has 8 nitrogen and oxygen atoms in total. The highest BCUT2D eigenvalue weighted by atomic mass is 16.5. The van der Waals surface area contributed by atoms with Gasteiger partial charge in [-0.1, -0.05) is 23.8 Å². The van der Waals surface area contributed by atoms with Crippen LogP contribution in [-0.2, 0) is 29.6 Å². The van der Waals surface area contributed by atoms with Crippen molar-refractivity contribution >= 4 is 22.6 Å². The van der Waals surface area contributed by atoms with Crippen LogP contribution in [0.2, 0.25) is 0 Å². The van der Waals surface area contributed by atoms with Crippen molar-refractivity contribution in [2.24, 2.45) is 7.05 Å². The summed E-state index contributed by atoms with van der Waals surface area (Å²) in [5.74, 6) is 1.20. The molecular formula is C21H20N4O4. The Hall–Kier alpha value is -3.68. The van der Waals surface area contributed by atoms with Crippen LogP contribution >= 0.6 is 0 Å². The summed E-state index contributed by atoms with van der Waals surface area (Å²) >= 11 is 0. The van der Waals surface area contributed by atoms with E-state index in [-0.39, 0.29) is 24.6 Å². The number of hydrogen-bond acceptors (Lipinski definition) is 6. The van der Waals surface area contributed by atoms with Crippen molar-refractivity contribution in [3.63, 3.8) is 0 Å². The Morgan fingerprint density at radius 3 is 2.59 bits per heavy atom. The number of hydrogen-bond donors (Lipinski definition) is 0. The predicted octanol–water partition coefficient (Wildman–Crippen LogP) is 2.18. The zero-order valence-corrected chi connectivity index (χ0v) is 16.4. The molecular weight excluding hydrogens is 372 g/mol. The van der Waals surface area contributed by atoms with E-state index < -0.39 is 0 Å². The Bertz CT molecular complexity index is 1270. The van der Waals surface area contributed by atoms with Gasteiger partial charge in [-0.2, -0.15) is 0 Å². The summed E-state index contributed by atoms with van der Waals surface area (Å²) in [6, 6.07) is 12.8. The van der Waals surface area contributed by atoms with E-state index in [4.69, 9.17) is 9.47 Å². The number of methoxy groups -OCH3 is 1. The highest BCUT2D eigenvalue weighted by Gasteiger charge is 2.16. The molecule has 0 bridgehead atoms. The molecule has 0 radical (unpaired) electrons. The van der Waals surface area contributed by atoms with Crippen molar-refractivity contribution in [3.05, 3.63) is 69.8 Å². The number of carbonyl (C=O) groups is 1. The van der Waals surface area contributed by atoms with Gasteiger partial charge in [0.05, 0.1) is 24.4 Å². The molecule has 8 heteroatoms. The number of aromatic nitrogens is 4. The zero-order valence-electron chi connectivity index (χ0n) is 16.4. The van der Waals surface area contributed by atoms with Crippen molar-refractivity contribution in [3.8, 4) is 5.75 Å². The normalized spacial score (nSPS) is 11.1. The first kappa shape index (κ1) is 18.7. The topological polar surface area (TPSA) is 87.7 Å². The highest BCUT2D eigenvalue weighted by Crippen LogP contribution is 2.17. The molecule has 2 heterocycles. The monoisotopic (exact) mass is 392 g/mol. The summed E-state index contributed by atoms with van der Waals surface area (Å²) in [6.07, 6.45) is 0.138. The van der Waals surface area contributed by atoms with E-state index in [1.807, 2.05) is 37.3 Å². The van der Waals surface area contributed by atoms with Gasteiger partial charge < -0.3 is 9.47 Å². The second-order valence-electron chi connectivity index (χ2n) is 6.82. The summed E-state index contributed by atoms with van der Waals surface area (Å²) in [7, 11) is 3.24. The molecule has 2 aromatic carbocycles.